The number of nitrogens with two attached hydrogens (primary N) is 1. The first-order chi connectivity index (χ1) is 13.8. The van der Waals surface area contributed by atoms with Crippen molar-refractivity contribution >= 4 is 34.1 Å². The van der Waals surface area contributed by atoms with Gasteiger partial charge in [0.15, 0.2) is 13.2 Å². The monoisotopic (exact) mass is 416 g/mol. The fraction of sp³-hybridized carbons (Fsp3) is 0.381. The van der Waals surface area contributed by atoms with Crippen LogP contribution in [-0.2, 0) is 27.2 Å². The molecule has 3 rings (SSSR count). The van der Waals surface area contributed by atoms with Crippen LogP contribution in [0.2, 0.25) is 0 Å². The maximum Gasteiger partial charge on any atom is 0.344 e. The third-order valence-electron chi connectivity index (χ3n) is 4.72. The van der Waals surface area contributed by atoms with Crippen LogP contribution in [-0.4, -0.2) is 31.0 Å². The minimum Gasteiger partial charge on any atom is -0.482 e. The normalized spacial score (nSPS) is 12.8. The molecule has 0 spiro atoms. The highest BCUT2D eigenvalue weighted by Crippen LogP contribution is 2.37. The molecule has 0 atom stereocenters. The molecule has 1 aromatic carbocycles. The summed E-state index contributed by atoms with van der Waals surface area (Å²) in [6.45, 7) is 3.05. The fourth-order valence-electron chi connectivity index (χ4n) is 3.26. The van der Waals surface area contributed by atoms with Crippen LogP contribution in [0.15, 0.2) is 18.2 Å². The van der Waals surface area contributed by atoms with Crippen LogP contribution in [0.3, 0.4) is 0 Å². The summed E-state index contributed by atoms with van der Waals surface area (Å²) in [7, 11) is 0. The van der Waals surface area contributed by atoms with E-state index in [1.54, 1.807) is 0 Å². The van der Waals surface area contributed by atoms with Gasteiger partial charge in [0.05, 0.1) is 5.56 Å². The average Bonchev–Trinajstić information content (AvgIpc) is 3.05. The number of hydrogen-bond donors (Lipinski definition) is 2. The summed E-state index contributed by atoms with van der Waals surface area (Å²) in [4.78, 5) is 37.0. The molecule has 7 nitrogen and oxygen atoms in total. The summed E-state index contributed by atoms with van der Waals surface area (Å²) in [5.41, 5.74) is 8.74. The first-order valence-electron chi connectivity index (χ1n) is 9.45. The van der Waals surface area contributed by atoms with Gasteiger partial charge in [-0.05, 0) is 62.3 Å². The quantitative estimate of drug-likeness (QED) is 0.675. The van der Waals surface area contributed by atoms with Crippen molar-refractivity contribution in [2.45, 2.75) is 39.5 Å². The number of rotatable bonds is 7. The van der Waals surface area contributed by atoms with Gasteiger partial charge in [-0.2, -0.15) is 0 Å². The highest BCUT2D eigenvalue weighted by atomic mass is 32.1. The van der Waals surface area contributed by atoms with Gasteiger partial charge in [-0.1, -0.05) is 12.1 Å². The van der Waals surface area contributed by atoms with E-state index in [1.807, 2.05) is 32.0 Å². The van der Waals surface area contributed by atoms with Gasteiger partial charge in [-0.15, -0.1) is 11.3 Å². The van der Waals surface area contributed by atoms with Crippen molar-refractivity contribution in [3.05, 3.63) is 45.3 Å². The minimum atomic E-state index is -0.651. The lowest BCUT2D eigenvalue weighted by Gasteiger charge is -2.11. The smallest absolute Gasteiger partial charge is 0.344 e. The Morgan fingerprint density at radius 2 is 1.90 bits per heavy atom. The van der Waals surface area contributed by atoms with Crippen LogP contribution in [0.4, 0.5) is 5.00 Å². The summed E-state index contributed by atoms with van der Waals surface area (Å²) in [6, 6.07) is 5.69. The molecule has 1 aromatic heterocycles. The van der Waals surface area contributed by atoms with Gasteiger partial charge in [0.1, 0.15) is 10.8 Å². The molecule has 0 saturated carbocycles. The molecule has 2 aromatic rings. The molecular formula is C21H24N2O5S. The van der Waals surface area contributed by atoms with E-state index in [1.165, 1.54) is 11.3 Å². The van der Waals surface area contributed by atoms with E-state index in [-0.39, 0.29) is 6.61 Å². The predicted molar refractivity (Wildman–Crippen MR) is 110 cm³/mol. The summed E-state index contributed by atoms with van der Waals surface area (Å²) in [5.74, 6) is -1.13. The van der Waals surface area contributed by atoms with Gasteiger partial charge in [0.2, 0.25) is 0 Å². The maximum absolute atomic E-state index is 12.2. The summed E-state index contributed by atoms with van der Waals surface area (Å²) in [5, 5.41) is 3.08. The highest BCUT2D eigenvalue weighted by Gasteiger charge is 2.25. The fourth-order valence-corrected chi connectivity index (χ4v) is 4.58. The Kier molecular flexibility index (Phi) is 6.53. The molecule has 0 unspecified atom stereocenters. The van der Waals surface area contributed by atoms with Crippen LogP contribution < -0.4 is 15.8 Å². The van der Waals surface area contributed by atoms with Gasteiger partial charge in [0.25, 0.3) is 11.8 Å². The Bertz CT molecular complexity index is 951. The maximum atomic E-state index is 12.2. The van der Waals surface area contributed by atoms with E-state index in [9.17, 15) is 14.4 Å². The number of amides is 2. The first kappa shape index (κ1) is 20.9. The van der Waals surface area contributed by atoms with Gasteiger partial charge < -0.3 is 20.5 Å². The summed E-state index contributed by atoms with van der Waals surface area (Å²) in [6.07, 6.45) is 3.71. The molecule has 29 heavy (non-hydrogen) atoms. The highest BCUT2D eigenvalue weighted by molar-refractivity contribution is 7.17. The second kappa shape index (κ2) is 9.09. The zero-order chi connectivity index (χ0) is 21.0. The molecule has 3 N–H and O–H groups in total. The molecule has 0 saturated heterocycles. The number of primary amides is 1. The van der Waals surface area contributed by atoms with Gasteiger partial charge in [0, 0.05) is 4.88 Å². The van der Waals surface area contributed by atoms with Crippen molar-refractivity contribution in [1.82, 2.24) is 0 Å². The Morgan fingerprint density at radius 1 is 1.14 bits per heavy atom. The number of anilines is 1. The molecule has 154 valence electrons. The standard InChI is InChI=1S/C21H24N2O5S/c1-12-7-8-13(2)15(9-12)27-11-18(25)28-10-17(24)23-21-19(20(22)26)14-5-3-4-6-16(14)29-21/h7-9H,3-6,10-11H2,1-2H3,(H2,22,26)(H,23,24). The molecular weight excluding hydrogens is 392 g/mol. The van der Waals surface area contributed by atoms with Crippen molar-refractivity contribution in [3.63, 3.8) is 0 Å². The zero-order valence-electron chi connectivity index (χ0n) is 16.5. The number of ether oxygens (including phenoxy) is 2. The molecule has 0 radical (unpaired) electrons. The molecule has 1 heterocycles. The van der Waals surface area contributed by atoms with Crippen molar-refractivity contribution in [3.8, 4) is 5.75 Å². The summed E-state index contributed by atoms with van der Waals surface area (Å²) < 4.78 is 10.5. The van der Waals surface area contributed by atoms with Crippen LogP contribution in [0.25, 0.3) is 0 Å². The average molecular weight is 416 g/mol. The van der Waals surface area contributed by atoms with Crippen molar-refractivity contribution in [2.24, 2.45) is 5.73 Å². The predicted octanol–water partition coefficient (Wildman–Crippen LogP) is 2.90. The van der Waals surface area contributed by atoms with E-state index in [4.69, 9.17) is 15.2 Å². The molecule has 2 amide bonds. The van der Waals surface area contributed by atoms with E-state index in [0.29, 0.717) is 16.3 Å². The third kappa shape index (κ3) is 5.14. The Hall–Kier alpha value is -2.87. The van der Waals surface area contributed by atoms with Gasteiger partial charge >= 0.3 is 5.97 Å². The van der Waals surface area contributed by atoms with Crippen LogP contribution in [0.1, 0.15) is 44.8 Å². The van der Waals surface area contributed by atoms with E-state index in [2.05, 4.69) is 5.32 Å². The van der Waals surface area contributed by atoms with Gasteiger partial charge in [-0.3, -0.25) is 9.59 Å². The van der Waals surface area contributed by atoms with Crippen molar-refractivity contribution < 1.29 is 23.9 Å². The largest absolute Gasteiger partial charge is 0.482 e. The number of esters is 1. The number of nitrogens with one attached hydrogen (secondary N) is 1. The lowest BCUT2D eigenvalue weighted by molar-refractivity contribution is -0.149. The minimum absolute atomic E-state index is 0.294. The number of aryl methyl sites for hydroxylation is 3. The van der Waals surface area contributed by atoms with Crippen LogP contribution >= 0.6 is 11.3 Å². The topological polar surface area (TPSA) is 108 Å². The molecule has 1 aliphatic carbocycles. The van der Waals surface area contributed by atoms with Crippen LogP contribution in [0.5, 0.6) is 5.75 Å². The second-order valence-corrected chi connectivity index (χ2v) is 8.15. The van der Waals surface area contributed by atoms with Crippen LogP contribution in [0, 0.1) is 13.8 Å². The Morgan fingerprint density at radius 3 is 2.66 bits per heavy atom. The second-order valence-electron chi connectivity index (χ2n) is 7.05. The molecule has 0 aliphatic heterocycles. The van der Waals surface area contributed by atoms with Gasteiger partial charge in [-0.25, -0.2) is 4.79 Å². The molecule has 1 aliphatic rings. The lowest BCUT2D eigenvalue weighted by atomic mass is 9.95. The van der Waals surface area contributed by atoms with E-state index >= 15 is 0 Å². The van der Waals surface area contributed by atoms with Crippen molar-refractivity contribution in [1.29, 1.82) is 0 Å². The van der Waals surface area contributed by atoms with Crippen molar-refractivity contribution in [2.75, 3.05) is 18.5 Å². The Labute approximate surface area is 173 Å². The molecule has 0 fully saturated rings. The number of thiophene rings is 1. The number of hydrogen-bond acceptors (Lipinski definition) is 6. The number of carbonyl (C=O) groups excluding carboxylic acids is 3. The Balaban J connectivity index is 1.53. The first-order valence-corrected chi connectivity index (χ1v) is 10.3. The summed E-state index contributed by atoms with van der Waals surface area (Å²) >= 11 is 1.37. The third-order valence-corrected chi connectivity index (χ3v) is 5.93. The number of carbonyl (C=O) groups is 3. The zero-order valence-corrected chi connectivity index (χ0v) is 17.3. The lowest BCUT2D eigenvalue weighted by Crippen LogP contribution is -2.24. The molecule has 8 heteroatoms. The molecule has 0 bridgehead atoms. The van der Waals surface area contributed by atoms with E-state index < -0.39 is 24.4 Å². The number of benzene rings is 1. The number of fused-ring (bicyclic) bond motifs is 1. The van der Waals surface area contributed by atoms with E-state index in [0.717, 1.165) is 47.3 Å². The SMILES string of the molecule is Cc1ccc(C)c(OCC(=O)OCC(=O)Nc2sc3c(c2C(N)=O)CCCC3)c1.